The smallest absolute Gasteiger partial charge is 0.160 e. The number of nitrogens with zero attached hydrogens (tertiary/aromatic N) is 1. The van der Waals surface area contributed by atoms with Gasteiger partial charge >= 0.3 is 0 Å². The molecule has 2 N–H and O–H groups in total. The molecule has 0 amide bonds. The number of benzene rings is 1. The van der Waals surface area contributed by atoms with E-state index in [0.717, 1.165) is 16.0 Å². The van der Waals surface area contributed by atoms with Crippen molar-refractivity contribution < 1.29 is 9.84 Å². The third kappa shape index (κ3) is 3.13. The molecule has 4 nitrogen and oxygen atoms in total. The highest BCUT2D eigenvalue weighted by Gasteiger charge is 2.02. The summed E-state index contributed by atoms with van der Waals surface area (Å²) in [6.45, 7) is 0.589. The Morgan fingerprint density at radius 3 is 2.83 bits per heavy atom. The van der Waals surface area contributed by atoms with Gasteiger partial charge in [-0.15, -0.1) is 0 Å². The molecule has 0 unspecified atom stereocenters. The van der Waals surface area contributed by atoms with Gasteiger partial charge in [-0.1, -0.05) is 6.07 Å². The fourth-order valence-electron chi connectivity index (χ4n) is 1.54. The Morgan fingerprint density at radius 2 is 2.17 bits per heavy atom. The summed E-state index contributed by atoms with van der Waals surface area (Å²) in [4.78, 5) is 4.31. The number of hydrogen-bond acceptors (Lipinski definition) is 4. The average molecular weight is 309 g/mol. The number of nitrogens with one attached hydrogen (secondary N) is 1. The van der Waals surface area contributed by atoms with Crippen LogP contribution in [0.5, 0.6) is 11.5 Å². The zero-order valence-electron chi connectivity index (χ0n) is 9.85. The Labute approximate surface area is 114 Å². The summed E-state index contributed by atoms with van der Waals surface area (Å²) in [5.41, 5.74) is 1.73. The Bertz CT molecular complexity index is 546. The van der Waals surface area contributed by atoms with Crippen LogP contribution >= 0.6 is 15.9 Å². The molecule has 0 spiro atoms. The maximum atomic E-state index is 9.64. The van der Waals surface area contributed by atoms with Gasteiger partial charge in [-0.05, 0) is 40.2 Å². The van der Waals surface area contributed by atoms with E-state index in [1.54, 1.807) is 12.1 Å². The second kappa shape index (κ2) is 5.73. The van der Waals surface area contributed by atoms with Gasteiger partial charge in [0.15, 0.2) is 11.5 Å². The predicted molar refractivity (Wildman–Crippen MR) is 73.9 cm³/mol. The molecule has 2 aromatic rings. The predicted octanol–water partition coefficient (Wildman–Crippen LogP) is 3.17. The van der Waals surface area contributed by atoms with Crippen molar-refractivity contribution in [1.29, 1.82) is 0 Å². The maximum Gasteiger partial charge on any atom is 0.160 e. The van der Waals surface area contributed by atoms with Crippen LogP contribution in [-0.4, -0.2) is 17.2 Å². The molecular formula is C13H13BrN2O2. The quantitative estimate of drug-likeness (QED) is 0.852. The molecule has 0 aliphatic carbocycles. The highest BCUT2D eigenvalue weighted by molar-refractivity contribution is 9.10. The second-order valence-corrected chi connectivity index (χ2v) is 4.50. The van der Waals surface area contributed by atoms with E-state index in [1.807, 2.05) is 24.3 Å². The van der Waals surface area contributed by atoms with Crippen LogP contribution in [0.3, 0.4) is 0 Å². The second-order valence-electron chi connectivity index (χ2n) is 3.69. The van der Waals surface area contributed by atoms with Crippen molar-refractivity contribution in [3.8, 4) is 11.5 Å². The molecule has 0 fully saturated rings. The Morgan fingerprint density at radius 1 is 1.33 bits per heavy atom. The minimum Gasteiger partial charge on any atom is -0.504 e. The van der Waals surface area contributed by atoms with E-state index in [4.69, 9.17) is 4.74 Å². The molecule has 18 heavy (non-hydrogen) atoms. The molecule has 1 aromatic heterocycles. The monoisotopic (exact) mass is 308 g/mol. The summed E-state index contributed by atoms with van der Waals surface area (Å²) in [5, 5.41) is 12.8. The van der Waals surface area contributed by atoms with Crippen LogP contribution in [0.1, 0.15) is 5.69 Å². The van der Waals surface area contributed by atoms with E-state index in [0.29, 0.717) is 12.3 Å². The number of anilines is 1. The zero-order chi connectivity index (χ0) is 13.0. The van der Waals surface area contributed by atoms with Gasteiger partial charge in [0.25, 0.3) is 0 Å². The highest BCUT2D eigenvalue weighted by atomic mass is 79.9. The average Bonchev–Trinajstić information content (AvgIpc) is 2.37. The third-order valence-corrected chi connectivity index (χ3v) is 2.87. The summed E-state index contributed by atoms with van der Waals surface area (Å²) in [6, 6.07) is 10.9. The maximum absolute atomic E-state index is 9.64. The van der Waals surface area contributed by atoms with Crippen LogP contribution in [0.2, 0.25) is 0 Å². The van der Waals surface area contributed by atoms with E-state index in [2.05, 4.69) is 26.2 Å². The first-order chi connectivity index (χ1) is 8.69. The summed E-state index contributed by atoms with van der Waals surface area (Å²) in [5.74, 6) is 0.575. The molecule has 0 aliphatic rings. The minimum atomic E-state index is 0.115. The molecule has 2 rings (SSSR count). The number of methoxy groups -OCH3 is 1. The van der Waals surface area contributed by atoms with Crippen LogP contribution in [0, 0.1) is 0 Å². The van der Waals surface area contributed by atoms with Gasteiger partial charge in [0, 0.05) is 11.8 Å². The van der Waals surface area contributed by atoms with Gasteiger partial charge in [-0.25, -0.2) is 4.98 Å². The number of aromatic hydroxyl groups is 1. The number of phenols is 1. The van der Waals surface area contributed by atoms with Crippen LogP contribution < -0.4 is 10.1 Å². The molecule has 0 radical (unpaired) electrons. The zero-order valence-corrected chi connectivity index (χ0v) is 11.4. The normalized spacial score (nSPS) is 10.1. The first kappa shape index (κ1) is 12.7. The van der Waals surface area contributed by atoms with Crippen molar-refractivity contribution in [2.24, 2.45) is 0 Å². The number of phenolic OH excluding ortho intramolecular Hbond substituents is 1. The van der Waals surface area contributed by atoms with Gasteiger partial charge < -0.3 is 15.2 Å². The lowest BCUT2D eigenvalue weighted by molar-refractivity contribution is 0.373. The van der Waals surface area contributed by atoms with Gasteiger partial charge in [0.2, 0.25) is 0 Å². The fraction of sp³-hybridized carbons (Fsp3) is 0.154. The summed E-state index contributed by atoms with van der Waals surface area (Å²) < 4.78 is 5.79. The number of rotatable bonds is 4. The number of hydrogen-bond donors (Lipinski definition) is 2. The van der Waals surface area contributed by atoms with Crippen molar-refractivity contribution in [3.05, 3.63) is 46.7 Å². The van der Waals surface area contributed by atoms with E-state index in [9.17, 15) is 5.11 Å². The molecule has 0 saturated carbocycles. The Kier molecular flexibility index (Phi) is 4.04. The highest BCUT2D eigenvalue weighted by Crippen LogP contribution is 2.28. The van der Waals surface area contributed by atoms with Crippen LogP contribution in [-0.2, 0) is 6.54 Å². The van der Waals surface area contributed by atoms with Gasteiger partial charge in [-0.3, -0.25) is 0 Å². The van der Waals surface area contributed by atoms with E-state index in [1.165, 1.54) is 7.11 Å². The topological polar surface area (TPSA) is 54.4 Å². The van der Waals surface area contributed by atoms with Crippen LogP contribution in [0.4, 0.5) is 5.69 Å². The largest absolute Gasteiger partial charge is 0.504 e. The number of halogens is 1. The Hall–Kier alpha value is -1.75. The van der Waals surface area contributed by atoms with E-state index in [-0.39, 0.29) is 5.75 Å². The lowest BCUT2D eigenvalue weighted by Crippen LogP contribution is -2.01. The van der Waals surface area contributed by atoms with Gasteiger partial charge in [0.1, 0.15) is 4.60 Å². The SMILES string of the molecule is COc1ccc(NCc2cccc(Br)n2)cc1O. The molecule has 1 aromatic carbocycles. The van der Waals surface area contributed by atoms with Gasteiger partial charge in [-0.2, -0.15) is 0 Å². The van der Waals surface area contributed by atoms with Crippen molar-refractivity contribution in [1.82, 2.24) is 4.98 Å². The fourth-order valence-corrected chi connectivity index (χ4v) is 1.92. The molecule has 0 atom stereocenters. The number of aromatic nitrogens is 1. The first-order valence-corrected chi connectivity index (χ1v) is 6.20. The van der Waals surface area contributed by atoms with E-state index >= 15 is 0 Å². The molecule has 0 saturated heterocycles. The van der Waals surface area contributed by atoms with Crippen molar-refractivity contribution in [2.75, 3.05) is 12.4 Å². The molecule has 1 heterocycles. The number of ether oxygens (including phenoxy) is 1. The molecule has 94 valence electrons. The standard InChI is InChI=1S/C13H13BrN2O2/c1-18-12-6-5-9(7-11(12)17)15-8-10-3-2-4-13(14)16-10/h2-7,15,17H,8H2,1H3. The molecule has 5 heteroatoms. The first-order valence-electron chi connectivity index (χ1n) is 5.41. The molecule has 0 aliphatic heterocycles. The van der Waals surface area contributed by atoms with Crippen molar-refractivity contribution in [3.63, 3.8) is 0 Å². The Balaban J connectivity index is 2.04. The summed E-state index contributed by atoms with van der Waals surface area (Å²) in [6.07, 6.45) is 0. The minimum absolute atomic E-state index is 0.115. The van der Waals surface area contributed by atoms with Crippen LogP contribution in [0.25, 0.3) is 0 Å². The van der Waals surface area contributed by atoms with Crippen molar-refractivity contribution in [2.45, 2.75) is 6.54 Å². The van der Waals surface area contributed by atoms with Crippen molar-refractivity contribution >= 4 is 21.6 Å². The molecular weight excluding hydrogens is 296 g/mol. The van der Waals surface area contributed by atoms with E-state index < -0.39 is 0 Å². The summed E-state index contributed by atoms with van der Waals surface area (Å²) >= 11 is 3.32. The summed E-state index contributed by atoms with van der Waals surface area (Å²) in [7, 11) is 1.52. The lowest BCUT2D eigenvalue weighted by Gasteiger charge is -2.08. The van der Waals surface area contributed by atoms with Gasteiger partial charge in [0.05, 0.1) is 19.3 Å². The lowest BCUT2D eigenvalue weighted by atomic mass is 10.2. The third-order valence-electron chi connectivity index (χ3n) is 2.43. The number of pyridine rings is 1. The molecule has 0 bridgehead atoms. The van der Waals surface area contributed by atoms with Crippen LogP contribution in [0.15, 0.2) is 41.0 Å².